The molecule has 0 atom stereocenters. The minimum absolute atomic E-state index is 0.144. The summed E-state index contributed by atoms with van der Waals surface area (Å²) < 4.78 is 66.6. The van der Waals surface area contributed by atoms with E-state index < -0.39 is 34.1 Å². The number of nitro groups is 2. The summed E-state index contributed by atoms with van der Waals surface area (Å²) in [5.41, 5.74) is 3.05. The molecule has 0 spiro atoms. The van der Waals surface area contributed by atoms with Crippen LogP contribution >= 0.6 is 0 Å². The first kappa shape index (κ1) is 50.3. The molecule has 2 heterocycles. The number of carbonyl (C=O) groups excluding carboxylic acids is 2. The van der Waals surface area contributed by atoms with Crippen molar-refractivity contribution in [2.75, 3.05) is 26.2 Å². The van der Waals surface area contributed by atoms with Crippen molar-refractivity contribution in [2.45, 2.75) is 44.7 Å². The van der Waals surface area contributed by atoms with Crippen LogP contribution < -0.4 is 21.8 Å². The Bertz CT molecular complexity index is 2990. The van der Waals surface area contributed by atoms with Crippen LogP contribution in [0.3, 0.4) is 0 Å². The topological polar surface area (TPSA) is 263 Å². The Morgan fingerprint density at radius 1 is 0.522 bits per heavy atom. The Morgan fingerprint density at radius 2 is 0.841 bits per heavy atom. The number of benzene rings is 4. The molecule has 0 amide bonds. The quantitative estimate of drug-likeness (QED) is 0.0375. The van der Waals surface area contributed by atoms with E-state index in [1.165, 1.54) is 36.4 Å². The molecule has 0 saturated carbocycles. The van der Waals surface area contributed by atoms with Crippen LogP contribution in [0.4, 0.5) is 37.7 Å². The van der Waals surface area contributed by atoms with Crippen LogP contribution in [0.5, 0.6) is 0 Å². The Kier molecular flexibility index (Phi) is 14.9. The van der Waals surface area contributed by atoms with E-state index in [1.807, 2.05) is 24.3 Å². The van der Waals surface area contributed by atoms with Gasteiger partial charge in [-0.15, -0.1) is 0 Å². The van der Waals surface area contributed by atoms with Crippen LogP contribution in [0.15, 0.2) is 94.5 Å². The zero-order valence-corrected chi connectivity index (χ0v) is 35.5. The van der Waals surface area contributed by atoms with Gasteiger partial charge in [0.25, 0.3) is 22.5 Å². The van der Waals surface area contributed by atoms with Crippen LogP contribution in [0.2, 0.25) is 0 Å². The molecule has 0 unspecified atom stereocenters. The lowest BCUT2D eigenvalue weighted by Crippen LogP contribution is -2.28. The number of carboxylic acids is 2. The highest BCUT2D eigenvalue weighted by Crippen LogP contribution is 2.41. The molecular weight excluding hydrogens is 931 g/mol. The van der Waals surface area contributed by atoms with E-state index in [9.17, 15) is 65.7 Å². The number of hydrogen-bond acceptors (Lipinski definition) is 12. The third-order valence-corrected chi connectivity index (χ3v) is 10.9. The van der Waals surface area contributed by atoms with Crippen molar-refractivity contribution >= 4 is 56.4 Å². The van der Waals surface area contributed by atoms with Gasteiger partial charge in [-0.05, 0) is 57.6 Å². The fourth-order valence-electron chi connectivity index (χ4n) is 7.90. The SMILES string of the molecule is O=C(O)C(F)(F)F.O=C(O)C(F)(F)F.O=C1c2ccccc2-c2c1c1ccc([N+](=O)[O-])cc1c(=O)n2CCCNCCCNCCCn1c2c(c3ccc([N+](=O)[O-])cc3c1=O)C(=O)c1ccccc1-2. The number of aliphatic carboxylic acids is 2. The van der Waals surface area contributed by atoms with E-state index >= 15 is 0 Å². The Morgan fingerprint density at radius 3 is 1.16 bits per heavy atom. The number of halogens is 6. The molecule has 2 aliphatic rings. The Hall–Kier alpha value is -8.12. The van der Waals surface area contributed by atoms with Crippen molar-refractivity contribution in [2.24, 2.45) is 0 Å². The largest absolute Gasteiger partial charge is 0.490 e. The minimum Gasteiger partial charge on any atom is -0.475 e. The second kappa shape index (κ2) is 20.4. The van der Waals surface area contributed by atoms with E-state index in [0.29, 0.717) is 108 Å². The van der Waals surface area contributed by atoms with Crippen LogP contribution in [0.25, 0.3) is 44.1 Å². The smallest absolute Gasteiger partial charge is 0.475 e. The molecule has 4 N–H and O–H groups in total. The third-order valence-electron chi connectivity index (χ3n) is 10.9. The number of nitro benzene ring substituents is 2. The number of nitrogens with zero attached hydrogens (tertiary/aromatic N) is 4. The first-order chi connectivity index (χ1) is 32.6. The molecule has 2 aliphatic carbocycles. The molecule has 24 heteroatoms. The predicted octanol–water partition coefficient (Wildman–Crippen LogP) is 6.87. The summed E-state index contributed by atoms with van der Waals surface area (Å²) in [5, 5.41) is 45.1. The highest BCUT2D eigenvalue weighted by Gasteiger charge is 2.39. The molecule has 8 rings (SSSR count). The molecule has 360 valence electrons. The third kappa shape index (κ3) is 10.6. The van der Waals surface area contributed by atoms with Crippen molar-refractivity contribution < 1.29 is 65.6 Å². The second-order valence-electron chi connectivity index (χ2n) is 15.3. The van der Waals surface area contributed by atoms with E-state index in [1.54, 1.807) is 33.4 Å². The number of non-ortho nitro benzene ring substituents is 2. The molecule has 4 aromatic carbocycles. The second-order valence-corrected chi connectivity index (χ2v) is 15.3. The molecule has 0 aliphatic heterocycles. The maximum atomic E-state index is 13.7. The molecule has 0 radical (unpaired) electrons. The lowest BCUT2D eigenvalue weighted by Gasteiger charge is -2.15. The summed E-state index contributed by atoms with van der Waals surface area (Å²) in [4.78, 5) is 94.1. The molecule has 2 aromatic heterocycles. The van der Waals surface area contributed by atoms with Gasteiger partial charge >= 0.3 is 24.3 Å². The summed E-state index contributed by atoms with van der Waals surface area (Å²) >= 11 is 0. The van der Waals surface area contributed by atoms with Gasteiger partial charge in [0.1, 0.15) is 0 Å². The first-order valence-electron chi connectivity index (χ1n) is 20.6. The van der Waals surface area contributed by atoms with E-state index in [0.717, 1.165) is 6.42 Å². The first-order valence-corrected chi connectivity index (χ1v) is 20.6. The van der Waals surface area contributed by atoms with Crippen molar-refractivity contribution in [3.05, 3.63) is 148 Å². The van der Waals surface area contributed by atoms with Crippen LogP contribution in [0.1, 0.15) is 51.1 Å². The number of alkyl halides is 6. The standard InChI is InChI=1S/C41H34N6O8.2C2HF3O2/c48-38-30-10-3-1-8-28(30)36-34(38)26-14-12-24(46(52)53)22-32(26)40(50)44(36)20-6-18-42-16-5-17-43-19-7-21-45-37-29-9-2-4-11-31(29)39(49)35(37)27-15-13-25(47(54)55)23-33(27)41(45)51;2*3-2(4,5)1(6)7/h1-4,8-15,22-23,42-43H,5-7,16-21H2;2*(H,6,7). The van der Waals surface area contributed by atoms with Gasteiger partial charge in [0.15, 0.2) is 11.6 Å². The van der Waals surface area contributed by atoms with Gasteiger partial charge in [-0.25, -0.2) is 9.59 Å². The predicted molar refractivity (Wildman–Crippen MR) is 234 cm³/mol. The monoisotopic (exact) mass is 966 g/mol. The summed E-state index contributed by atoms with van der Waals surface area (Å²) in [5.74, 6) is -5.92. The van der Waals surface area contributed by atoms with Gasteiger partial charge in [-0.1, -0.05) is 48.5 Å². The number of ketones is 2. The maximum absolute atomic E-state index is 13.7. The Balaban J connectivity index is 0.000000489. The summed E-state index contributed by atoms with van der Waals surface area (Å²) in [7, 11) is 0. The van der Waals surface area contributed by atoms with Crippen molar-refractivity contribution in [1.29, 1.82) is 0 Å². The van der Waals surface area contributed by atoms with Gasteiger partial charge in [0.2, 0.25) is 0 Å². The average molecular weight is 967 g/mol. The number of carbonyl (C=O) groups is 4. The normalized spacial score (nSPS) is 12.3. The van der Waals surface area contributed by atoms with E-state index in [-0.39, 0.29) is 44.8 Å². The fraction of sp³-hybridized carbons (Fsp3) is 0.244. The Labute approximate surface area is 382 Å². The number of rotatable bonds is 14. The number of pyridine rings is 2. The highest BCUT2D eigenvalue weighted by atomic mass is 19.4. The van der Waals surface area contributed by atoms with Gasteiger partial charge in [0, 0.05) is 70.4 Å². The van der Waals surface area contributed by atoms with E-state index in [2.05, 4.69) is 10.6 Å². The fourth-order valence-corrected chi connectivity index (χ4v) is 7.90. The van der Waals surface area contributed by atoms with Gasteiger partial charge < -0.3 is 30.0 Å². The number of hydrogen-bond donors (Lipinski definition) is 4. The highest BCUT2D eigenvalue weighted by molar-refractivity contribution is 6.27. The maximum Gasteiger partial charge on any atom is 0.490 e. The number of nitrogens with one attached hydrogen (secondary N) is 2. The van der Waals surface area contributed by atoms with Gasteiger partial charge in [-0.2, -0.15) is 26.3 Å². The van der Waals surface area contributed by atoms with E-state index in [4.69, 9.17) is 19.8 Å². The summed E-state index contributed by atoms with van der Waals surface area (Å²) in [6.45, 7) is 3.21. The van der Waals surface area contributed by atoms with Gasteiger partial charge in [0.05, 0.1) is 43.1 Å². The lowest BCUT2D eigenvalue weighted by atomic mass is 10.0. The van der Waals surface area contributed by atoms with Crippen molar-refractivity contribution in [1.82, 2.24) is 19.8 Å². The number of aromatic nitrogens is 2. The van der Waals surface area contributed by atoms with Gasteiger partial charge in [-0.3, -0.25) is 39.4 Å². The van der Waals surface area contributed by atoms with Crippen molar-refractivity contribution in [3.63, 3.8) is 0 Å². The molecule has 18 nitrogen and oxygen atoms in total. The summed E-state index contributed by atoms with van der Waals surface area (Å²) in [6, 6.07) is 22.4. The van der Waals surface area contributed by atoms with Crippen LogP contribution in [-0.2, 0) is 22.7 Å². The molecule has 0 saturated heterocycles. The minimum atomic E-state index is -5.08. The van der Waals surface area contributed by atoms with Crippen LogP contribution in [0, 0.1) is 20.2 Å². The van der Waals surface area contributed by atoms with Crippen molar-refractivity contribution in [3.8, 4) is 22.5 Å². The van der Waals surface area contributed by atoms with Crippen LogP contribution in [-0.4, -0.2) is 91.2 Å². The molecular formula is C45H36F6N6O12. The molecule has 69 heavy (non-hydrogen) atoms. The lowest BCUT2D eigenvalue weighted by molar-refractivity contribution is -0.384. The molecule has 6 aromatic rings. The molecule has 0 bridgehead atoms. The zero-order chi connectivity index (χ0) is 50.5. The zero-order valence-electron chi connectivity index (χ0n) is 35.5. The number of carboxylic acid groups (broad SMARTS) is 2. The number of fused-ring (bicyclic) bond motifs is 10. The molecule has 0 fully saturated rings. The average Bonchev–Trinajstić information content (AvgIpc) is 3.77. The summed E-state index contributed by atoms with van der Waals surface area (Å²) in [6.07, 6.45) is -8.21.